The van der Waals surface area contributed by atoms with Crippen LogP contribution >= 0.6 is 15.9 Å². The van der Waals surface area contributed by atoms with E-state index >= 15 is 0 Å². The van der Waals surface area contributed by atoms with Gasteiger partial charge in [-0.15, -0.1) is 0 Å². The van der Waals surface area contributed by atoms with E-state index in [1.54, 1.807) is 44.2 Å². The highest BCUT2D eigenvalue weighted by molar-refractivity contribution is 9.10. The van der Waals surface area contributed by atoms with Crippen molar-refractivity contribution in [2.24, 2.45) is 0 Å². The van der Waals surface area contributed by atoms with Crippen LogP contribution in [0.4, 0.5) is 5.69 Å². The number of likely N-dealkylation sites (N-methyl/N-ethyl adjacent to an activating group) is 1. The number of ether oxygens (including phenoxy) is 1. The zero-order valence-corrected chi connectivity index (χ0v) is 25.2. The maximum atomic E-state index is 14.0. The van der Waals surface area contributed by atoms with Crippen LogP contribution in [0.1, 0.15) is 30.5 Å². The van der Waals surface area contributed by atoms with Gasteiger partial charge in [0.05, 0.1) is 17.7 Å². The van der Waals surface area contributed by atoms with Crippen LogP contribution in [0.5, 0.6) is 5.75 Å². The second kappa shape index (κ2) is 13.1. The molecule has 3 aromatic carbocycles. The summed E-state index contributed by atoms with van der Waals surface area (Å²) in [7, 11) is -2.74. The maximum Gasteiger partial charge on any atom is 0.264 e. The first kappa shape index (κ1) is 30.2. The predicted molar refractivity (Wildman–Crippen MR) is 156 cm³/mol. The second-order valence-corrected chi connectivity index (χ2v) is 12.0. The highest BCUT2D eigenvalue weighted by Gasteiger charge is 2.33. The Morgan fingerprint density at radius 3 is 2.28 bits per heavy atom. The molecule has 0 aromatic heterocycles. The lowest BCUT2D eigenvalue weighted by atomic mass is 10.1. The Bertz CT molecular complexity index is 1430. The van der Waals surface area contributed by atoms with Crippen LogP contribution in [-0.2, 0) is 26.2 Å². The van der Waals surface area contributed by atoms with Crippen molar-refractivity contribution in [1.29, 1.82) is 0 Å². The number of amides is 2. The van der Waals surface area contributed by atoms with Crippen LogP contribution in [-0.4, -0.2) is 51.4 Å². The number of hydrogen-bond acceptors (Lipinski definition) is 5. The molecule has 2 amide bonds. The summed E-state index contributed by atoms with van der Waals surface area (Å²) in [5.41, 5.74) is 2.72. The van der Waals surface area contributed by atoms with Crippen LogP contribution in [0.3, 0.4) is 0 Å². The van der Waals surface area contributed by atoms with Gasteiger partial charge in [-0.25, -0.2) is 8.42 Å². The summed E-state index contributed by atoms with van der Waals surface area (Å²) in [5.74, 6) is -0.561. The normalized spacial score (nSPS) is 11.9. The molecule has 0 heterocycles. The lowest BCUT2D eigenvalue weighted by Gasteiger charge is -2.32. The third-order valence-electron chi connectivity index (χ3n) is 6.25. The minimum absolute atomic E-state index is 0.0415. The molecule has 1 atom stereocenters. The van der Waals surface area contributed by atoms with Crippen molar-refractivity contribution in [2.75, 3.05) is 24.5 Å². The SMILES string of the molecule is CCNC(=O)[C@@H](C)N(Cc1cccc(Br)c1)C(=O)CN(c1cc(C)ccc1OC)S(=O)(=O)c1ccc(C)cc1. The summed E-state index contributed by atoms with van der Waals surface area (Å²) in [6.07, 6.45) is 0. The fourth-order valence-corrected chi connectivity index (χ4v) is 5.95. The van der Waals surface area contributed by atoms with E-state index in [0.717, 1.165) is 25.5 Å². The highest BCUT2D eigenvalue weighted by Crippen LogP contribution is 2.34. The predicted octanol–water partition coefficient (Wildman–Crippen LogP) is 4.82. The zero-order valence-electron chi connectivity index (χ0n) is 22.8. The molecule has 0 spiro atoms. The number of carbonyl (C=O) groups excluding carboxylic acids is 2. The molecule has 0 aliphatic carbocycles. The van der Waals surface area contributed by atoms with Crippen LogP contribution in [0.25, 0.3) is 0 Å². The Balaban J connectivity index is 2.10. The molecule has 3 rings (SSSR count). The molecule has 0 fully saturated rings. The van der Waals surface area contributed by atoms with Crippen LogP contribution in [0.2, 0.25) is 0 Å². The summed E-state index contributed by atoms with van der Waals surface area (Å²) >= 11 is 3.45. The molecule has 39 heavy (non-hydrogen) atoms. The van der Waals surface area contributed by atoms with Gasteiger partial charge < -0.3 is 15.0 Å². The van der Waals surface area contributed by atoms with E-state index in [9.17, 15) is 18.0 Å². The Labute approximate surface area is 239 Å². The van der Waals surface area contributed by atoms with Gasteiger partial charge in [-0.2, -0.15) is 0 Å². The van der Waals surface area contributed by atoms with E-state index in [2.05, 4.69) is 21.2 Å². The number of nitrogens with one attached hydrogen (secondary N) is 1. The van der Waals surface area contributed by atoms with Crippen molar-refractivity contribution in [3.8, 4) is 5.75 Å². The number of hydrogen-bond donors (Lipinski definition) is 1. The van der Waals surface area contributed by atoms with Gasteiger partial charge in [-0.3, -0.25) is 13.9 Å². The van der Waals surface area contributed by atoms with Crippen LogP contribution in [0.15, 0.2) is 76.1 Å². The number of carbonyl (C=O) groups is 2. The molecular weight excluding hydrogens is 582 g/mol. The molecule has 0 saturated carbocycles. The number of benzene rings is 3. The number of sulfonamides is 1. The molecule has 3 aromatic rings. The minimum atomic E-state index is -4.19. The van der Waals surface area contributed by atoms with Crippen LogP contribution < -0.4 is 14.4 Å². The number of aryl methyl sites for hydroxylation is 2. The van der Waals surface area contributed by atoms with E-state index in [-0.39, 0.29) is 23.0 Å². The van der Waals surface area contributed by atoms with E-state index in [4.69, 9.17) is 4.74 Å². The summed E-state index contributed by atoms with van der Waals surface area (Å²) in [4.78, 5) is 28.2. The monoisotopic (exact) mass is 615 g/mol. The molecule has 1 N–H and O–H groups in total. The van der Waals surface area contributed by atoms with Crippen molar-refractivity contribution in [3.63, 3.8) is 0 Å². The van der Waals surface area contributed by atoms with Gasteiger partial charge in [-0.05, 0) is 75.2 Å². The Hall–Kier alpha value is -3.37. The first-order valence-electron chi connectivity index (χ1n) is 12.5. The third kappa shape index (κ3) is 7.39. The van der Waals surface area contributed by atoms with Crippen molar-refractivity contribution in [2.45, 2.75) is 45.2 Å². The maximum absolute atomic E-state index is 14.0. The van der Waals surface area contributed by atoms with Gasteiger partial charge >= 0.3 is 0 Å². The average molecular weight is 617 g/mol. The smallest absolute Gasteiger partial charge is 0.264 e. The van der Waals surface area contributed by atoms with Gasteiger partial charge in [0.15, 0.2) is 0 Å². The van der Waals surface area contributed by atoms with Crippen molar-refractivity contribution in [3.05, 3.63) is 87.9 Å². The number of methoxy groups -OCH3 is 1. The first-order chi connectivity index (χ1) is 18.5. The molecule has 0 saturated heterocycles. The van der Waals surface area contributed by atoms with Crippen molar-refractivity contribution >= 4 is 43.5 Å². The molecule has 208 valence electrons. The van der Waals surface area contributed by atoms with E-state index in [0.29, 0.717) is 12.3 Å². The minimum Gasteiger partial charge on any atom is -0.495 e. The Morgan fingerprint density at radius 2 is 1.67 bits per heavy atom. The zero-order chi connectivity index (χ0) is 28.7. The molecule has 0 unspecified atom stereocenters. The number of halogens is 1. The molecule has 8 nitrogen and oxygen atoms in total. The average Bonchev–Trinajstić information content (AvgIpc) is 2.90. The van der Waals surface area contributed by atoms with Gasteiger partial charge in [0, 0.05) is 17.6 Å². The molecule has 0 radical (unpaired) electrons. The molecule has 10 heteroatoms. The topological polar surface area (TPSA) is 96.0 Å². The summed E-state index contributed by atoms with van der Waals surface area (Å²) < 4.78 is 35.4. The number of anilines is 1. The number of rotatable bonds is 11. The largest absolute Gasteiger partial charge is 0.495 e. The summed E-state index contributed by atoms with van der Waals surface area (Å²) in [5, 5.41) is 2.76. The molecule has 0 aliphatic rings. The quantitative estimate of drug-likeness (QED) is 0.333. The molecule has 0 bridgehead atoms. The van der Waals surface area contributed by atoms with Crippen molar-refractivity contribution < 1.29 is 22.7 Å². The first-order valence-corrected chi connectivity index (χ1v) is 14.8. The van der Waals surface area contributed by atoms with E-state index in [1.807, 2.05) is 38.1 Å². The Kier molecular flexibility index (Phi) is 10.2. The van der Waals surface area contributed by atoms with Gasteiger partial charge in [0.1, 0.15) is 18.3 Å². The lowest BCUT2D eigenvalue weighted by Crippen LogP contribution is -2.51. The van der Waals surface area contributed by atoms with Gasteiger partial charge in [-0.1, -0.05) is 51.8 Å². The summed E-state index contributed by atoms with van der Waals surface area (Å²) in [6, 6.07) is 18.1. The lowest BCUT2D eigenvalue weighted by molar-refractivity contribution is -0.139. The van der Waals surface area contributed by atoms with Gasteiger partial charge in [0.2, 0.25) is 11.8 Å². The van der Waals surface area contributed by atoms with E-state index in [1.165, 1.54) is 24.1 Å². The Morgan fingerprint density at radius 1 is 1.00 bits per heavy atom. The fourth-order valence-electron chi connectivity index (χ4n) is 4.08. The molecular formula is C29H34BrN3O5S. The van der Waals surface area contributed by atoms with Gasteiger partial charge in [0.25, 0.3) is 10.0 Å². The van der Waals surface area contributed by atoms with E-state index < -0.39 is 28.5 Å². The third-order valence-corrected chi connectivity index (χ3v) is 8.52. The highest BCUT2D eigenvalue weighted by atomic mass is 79.9. The van der Waals surface area contributed by atoms with Crippen molar-refractivity contribution in [1.82, 2.24) is 10.2 Å². The standard InChI is InChI=1S/C29H34BrN3O5S/c1-6-31-29(35)22(4)32(18-23-8-7-9-24(30)17-23)28(34)19-33(26-16-21(3)12-15-27(26)38-5)39(36,37)25-13-10-20(2)11-14-25/h7-17,22H,6,18-19H2,1-5H3,(H,31,35)/t22-/m1/s1. The molecule has 0 aliphatic heterocycles. The fraction of sp³-hybridized carbons (Fsp3) is 0.310. The number of nitrogens with zero attached hydrogens (tertiary/aromatic N) is 2. The second-order valence-electron chi connectivity index (χ2n) is 9.22. The van der Waals surface area contributed by atoms with Crippen LogP contribution in [0, 0.1) is 13.8 Å². The summed E-state index contributed by atoms with van der Waals surface area (Å²) in [6.45, 7) is 7.10.